The molecule has 0 aromatic heterocycles. The van der Waals surface area contributed by atoms with Crippen molar-refractivity contribution in [3.8, 4) is 0 Å². The van der Waals surface area contributed by atoms with Crippen molar-refractivity contribution in [2.45, 2.75) is 71.1 Å². The summed E-state index contributed by atoms with van der Waals surface area (Å²) in [6, 6.07) is 16.7. The van der Waals surface area contributed by atoms with Crippen LogP contribution in [0.15, 0.2) is 60.7 Å². The van der Waals surface area contributed by atoms with E-state index in [-0.39, 0.29) is 16.4 Å². The fraction of sp³-hybridized carbons (Fsp3) is 0.462. The summed E-state index contributed by atoms with van der Waals surface area (Å²) in [7, 11) is -3.84. The molecule has 0 unspecified atom stereocenters. The van der Waals surface area contributed by atoms with E-state index in [1.165, 1.54) is 38.5 Å². The molecule has 0 atom stereocenters. The first-order chi connectivity index (χ1) is 15.5. The zero-order valence-electron chi connectivity index (χ0n) is 19.0. The van der Waals surface area contributed by atoms with Gasteiger partial charge in [-0.15, -0.1) is 0 Å². The van der Waals surface area contributed by atoms with Gasteiger partial charge in [0.25, 0.3) is 5.70 Å². The van der Waals surface area contributed by atoms with Gasteiger partial charge in [-0.3, -0.25) is 10.1 Å². The maximum atomic E-state index is 13.3. The lowest BCUT2D eigenvalue weighted by Gasteiger charge is -2.11. The molecule has 0 fully saturated rings. The molecule has 174 valence electrons. The Balaban J connectivity index is 2.10. The van der Waals surface area contributed by atoms with E-state index < -0.39 is 14.8 Å². The van der Waals surface area contributed by atoms with Gasteiger partial charge in [0.1, 0.15) is 0 Å². The van der Waals surface area contributed by atoms with Crippen molar-refractivity contribution in [2.75, 3.05) is 5.75 Å². The van der Waals surface area contributed by atoms with Gasteiger partial charge in [-0.05, 0) is 18.6 Å². The van der Waals surface area contributed by atoms with Gasteiger partial charge >= 0.3 is 0 Å². The van der Waals surface area contributed by atoms with Gasteiger partial charge in [-0.2, -0.15) is 0 Å². The van der Waals surface area contributed by atoms with Crippen LogP contribution < -0.4 is 0 Å². The standard InChI is InChI=1S/C26H35NO4S/c1-2-3-4-5-6-7-8-9-10-17-22-32(30,31)26(24-20-15-12-16-21-24)25(27(28)29)23-18-13-11-14-19-23/h11-16,18-21H,2-10,17,22H2,1H3/b26-25-. The number of sulfone groups is 1. The van der Waals surface area contributed by atoms with Crippen LogP contribution in [0, 0.1) is 10.1 Å². The average molecular weight is 458 g/mol. The zero-order chi connectivity index (χ0) is 23.2. The lowest BCUT2D eigenvalue weighted by atomic mass is 10.1. The van der Waals surface area contributed by atoms with Gasteiger partial charge in [-0.1, -0.05) is 113 Å². The number of rotatable bonds is 15. The Hall–Kier alpha value is -2.47. The van der Waals surface area contributed by atoms with Crippen LogP contribution in [-0.2, 0) is 9.84 Å². The minimum absolute atomic E-state index is 0.0854. The van der Waals surface area contributed by atoms with E-state index in [0.717, 1.165) is 19.3 Å². The molecular formula is C26H35NO4S. The summed E-state index contributed by atoms with van der Waals surface area (Å²) >= 11 is 0. The van der Waals surface area contributed by atoms with Crippen LogP contribution in [-0.4, -0.2) is 19.1 Å². The van der Waals surface area contributed by atoms with Gasteiger partial charge < -0.3 is 0 Å². The smallest absolute Gasteiger partial charge is 0.258 e. The first-order valence-electron chi connectivity index (χ1n) is 11.7. The van der Waals surface area contributed by atoms with Gasteiger partial charge in [0.15, 0.2) is 14.7 Å². The maximum absolute atomic E-state index is 13.3. The molecule has 0 spiro atoms. The van der Waals surface area contributed by atoms with Crippen molar-refractivity contribution in [3.05, 3.63) is 81.9 Å². The van der Waals surface area contributed by atoms with E-state index in [1.807, 2.05) is 0 Å². The third kappa shape index (κ3) is 8.23. The van der Waals surface area contributed by atoms with Gasteiger partial charge in [0.05, 0.1) is 16.2 Å². The molecule has 0 saturated heterocycles. The van der Waals surface area contributed by atoms with E-state index in [2.05, 4.69) is 6.92 Å². The highest BCUT2D eigenvalue weighted by Gasteiger charge is 2.31. The summed E-state index contributed by atoms with van der Waals surface area (Å²) in [6.45, 7) is 2.21. The molecule has 32 heavy (non-hydrogen) atoms. The molecule has 0 aliphatic rings. The van der Waals surface area contributed by atoms with Crippen LogP contribution in [0.5, 0.6) is 0 Å². The highest BCUT2D eigenvalue weighted by Crippen LogP contribution is 2.32. The Kier molecular flexibility index (Phi) is 11.2. The van der Waals surface area contributed by atoms with E-state index in [0.29, 0.717) is 17.5 Å². The summed E-state index contributed by atoms with van der Waals surface area (Å²) in [5.41, 5.74) is 0.294. The number of hydrogen-bond donors (Lipinski definition) is 0. The van der Waals surface area contributed by atoms with E-state index in [9.17, 15) is 18.5 Å². The lowest BCUT2D eigenvalue weighted by molar-refractivity contribution is -0.374. The normalized spacial score (nSPS) is 12.4. The van der Waals surface area contributed by atoms with Crippen molar-refractivity contribution in [2.24, 2.45) is 0 Å². The van der Waals surface area contributed by atoms with Crippen LogP contribution in [0.4, 0.5) is 0 Å². The molecule has 5 nitrogen and oxygen atoms in total. The van der Waals surface area contributed by atoms with Crippen LogP contribution in [0.1, 0.15) is 82.3 Å². The third-order valence-corrected chi connectivity index (χ3v) is 7.44. The SMILES string of the molecule is CCCCCCCCCCCCS(=O)(=O)/C(=C(/c1ccccc1)[N+](=O)[O-])c1ccccc1. The highest BCUT2D eigenvalue weighted by atomic mass is 32.2. The van der Waals surface area contributed by atoms with Crippen molar-refractivity contribution < 1.29 is 13.3 Å². The van der Waals surface area contributed by atoms with Gasteiger partial charge in [0, 0.05) is 5.56 Å². The van der Waals surface area contributed by atoms with Crippen LogP contribution in [0.2, 0.25) is 0 Å². The second kappa shape index (κ2) is 13.8. The zero-order valence-corrected chi connectivity index (χ0v) is 19.9. The third-order valence-electron chi connectivity index (χ3n) is 5.56. The Bertz CT molecular complexity index is 954. The van der Waals surface area contributed by atoms with Crippen molar-refractivity contribution in [3.63, 3.8) is 0 Å². The molecule has 0 amide bonds. The quantitative estimate of drug-likeness (QED) is 0.123. The van der Waals surface area contributed by atoms with E-state index in [4.69, 9.17) is 0 Å². The van der Waals surface area contributed by atoms with Crippen molar-refractivity contribution in [1.29, 1.82) is 0 Å². The first-order valence-corrected chi connectivity index (χ1v) is 13.3. The Morgan fingerprint density at radius 2 is 1.16 bits per heavy atom. The number of unbranched alkanes of at least 4 members (excludes halogenated alkanes) is 9. The first kappa shape index (κ1) is 25.8. The van der Waals surface area contributed by atoms with Gasteiger partial charge in [-0.25, -0.2) is 8.42 Å². The Labute approximate surface area is 192 Å². The minimum atomic E-state index is -3.84. The van der Waals surface area contributed by atoms with Crippen molar-refractivity contribution >= 4 is 20.4 Å². The average Bonchev–Trinajstić information content (AvgIpc) is 2.79. The molecule has 0 heterocycles. The number of nitrogens with zero attached hydrogens (tertiary/aromatic N) is 1. The summed E-state index contributed by atoms with van der Waals surface area (Å²) in [5, 5.41) is 12.0. The summed E-state index contributed by atoms with van der Waals surface area (Å²) in [4.78, 5) is 11.2. The molecule has 6 heteroatoms. The highest BCUT2D eigenvalue weighted by molar-refractivity contribution is 8.00. The Morgan fingerprint density at radius 1 is 0.719 bits per heavy atom. The topological polar surface area (TPSA) is 77.3 Å². The molecule has 0 bridgehead atoms. The van der Waals surface area contributed by atoms with Crippen LogP contribution >= 0.6 is 0 Å². The maximum Gasteiger partial charge on any atom is 0.295 e. The van der Waals surface area contributed by atoms with E-state index in [1.54, 1.807) is 60.7 Å². The molecule has 0 radical (unpaired) electrons. The monoisotopic (exact) mass is 457 g/mol. The van der Waals surface area contributed by atoms with E-state index >= 15 is 0 Å². The van der Waals surface area contributed by atoms with Gasteiger partial charge in [0.2, 0.25) is 0 Å². The molecule has 2 aromatic carbocycles. The summed E-state index contributed by atoms with van der Waals surface area (Å²) in [6.07, 6.45) is 11.0. The number of benzene rings is 2. The predicted molar refractivity (Wildman–Crippen MR) is 132 cm³/mol. The molecular weight excluding hydrogens is 422 g/mol. The molecule has 0 aliphatic carbocycles. The fourth-order valence-electron chi connectivity index (χ4n) is 3.85. The lowest BCUT2D eigenvalue weighted by Crippen LogP contribution is -2.14. The largest absolute Gasteiger partial charge is 0.295 e. The van der Waals surface area contributed by atoms with Crippen LogP contribution in [0.3, 0.4) is 0 Å². The number of nitro groups is 1. The second-order valence-electron chi connectivity index (χ2n) is 8.17. The second-order valence-corrected chi connectivity index (χ2v) is 10.2. The fourth-order valence-corrected chi connectivity index (χ4v) is 5.62. The molecule has 0 saturated carbocycles. The number of hydrogen-bond acceptors (Lipinski definition) is 4. The molecule has 0 N–H and O–H groups in total. The van der Waals surface area contributed by atoms with Crippen LogP contribution in [0.25, 0.3) is 10.6 Å². The molecule has 2 rings (SSSR count). The molecule has 2 aromatic rings. The summed E-state index contributed by atoms with van der Waals surface area (Å²) < 4.78 is 26.6. The minimum Gasteiger partial charge on any atom is -0.258 e. The summed E-state index contributed by atoms with van der Waals surface area (Å²) in [5.74, 6) is -0.0854. The molecule has 0 aliphatic heterocycles. The predicted octanol–water partition coefficient (Wildman–Crippen LogP) is 7.12. The van der Waals surface area contributed by atoms with Crippen molar-refractivity contribution in [1.82, 2.24) is 0 Å². The Morgan fingerprint density at radius 3 is 1.62 bits per heavy atom.